The maximum absolute atomic E-state index is 12.2. The van der Waals surface area contributed by atoms with E-state index < -0.39 is 6.16 Å². The van der Waals surface area contributed by atoms with E-state index in [0.717, 1.165) is 10.0 Å². The van der Waals surface area contributed by atoms with E-state index in [1.54, 1.807) is 54.7 Å². The van der Waals surface area contributed by atoms with Crippen LogP contribution in [0.3, 0.4) is 0 Å². The first kappa shape index (κ1) is 19.6. The second-order valence-corrected chi connectivity index (χ2v) is 6.60. The van der Waals surface area contributed by atoms with Gasteiger partial charge in [-0.25, -0.2) is 4.79 Å². The monoisotopic (exact) mass is 440 g/mol. The molecule has 0 aliphatic rings. The molecule has 0 aliphatic carbocycles. The fourth-order valence-electron chi connectivity index (χ4n) is 2.37. The minimum absolute atomic E-state index is 0.178. The minimum Gasteiger partial charge on any atom is -0.434 e. The van der Waals surface area contributed by atoms with Gasteiger partial charge in [-0.1, -0.05) is 30.3 Å². The average molecular weight is 441 g/mol. The normalized spacial score (nSPS) is 10.2. The molecule has 0 unspecified atom stereocenters. The summed E-state index contributed by atoms with van der Waals surface area (Å²) in [5.74, 6) is 0.143. The molecule has 0 atom stereocenters. The molecule has 0 radical (unpaired) electrons. The Kier molecular flexibility index (Phi) is 6.75. The van der Waals surface area contributed by atoms with Gasteiger partial charge in [0.05, 0.1) is 12.3 Å². The Bertz CT molecular complexity index is 949. The predicted molar refractivity (Wildman–Crippen MR) is 108 cm³/mol. The summed E-state index contributed by atoms with van der Waals surface area (Å²) in [5, 5.41) is 2.80. The summed E-state index contributed by atoms with van der Waals surface area (Å²) in [6.45, 7) is 0.178. The fraction of sp³-hybridized carbons (Fsp3) is 0.0952. The number of halogens is 1. The highest BCUT2D eigenvalue weighted by atomic mass is 79.9. The fourth-order valence-corrected chi connectivity index (χ4v) is 2.89. The number of carbonyl (C=O) groups excluding carboxylic acids is 2. The third-order valence-electron chi connectivity index (χ3n) is 3.73. The number of amides is 1. The molecule has 2 aromatic carbocycles. The second kappa shape index (κ2) is 9.66. The molecule has 1 amide bonds. The number of para-hydroxylation sites is 1. The molecule has 28 heavy (non-hydrogen) atoms. The van der Waals surface area contributed by atoms with Crippen molar-refractivity contribution in [1.29, 1.82) is 0 Å². The first-order chi connectivity index (χ1) is 13.6. The molecule has 1 heterocycles. The highest BCUT2D eigenvalue weighted by molar-refractivity contribution is 9.10. The van der Waals surface area contributed by atoms with Crippen molar-refractivity contribution in [3.8, 4) is 5.75 Å². The number of carbonyl (C=O) groups is 2. The van der Waals surface area contributed by atoms with Crippen LogP contribution in [0.25, 0.3) is 0 Å². The summed E-state index contributed by atoms with van der Waals surface area (Å²) in [4.78, 5) is 27.9. The van der Waals surface area contributed by atoms with Gasteiger partial charge in [0.25, 0.3) is 5.91 Å². The molecular weight excluding hydrogens is 424 g/mol. The van der Waals surface area contributed by atoms with Crippen LogP contribution in [0, 0.1) is 0 Å². The Balaban J connectivity index is 1.50. The zero-order chi connectivity index (χ0) is 19.8. The molecule has 3 rings (SSSR count). The molecule has 1 N–H and O–H groups in total. The number of hydrogen-bond donors (Lipinski definition) is 1. The Labute approximate surface area is 170 Å². The summed E-state index contributed by atoms with van der Waals surface area (Å²) in [6.07, 6.45) is 1.33. The number of ether oxygens (including phenoxy) is 2. The second-order valence-electron chi connectivity index (χ2n) is 5.75. The van der Waals surface area contributed by atoms with Gasteiger partial charge in [0, 0.05) is 17.1 Å². The van der Waals surface area contributed by atoms with Gasteiger partial charge in [-0.2, -0.15) is 0 Å². The minimum atomic E-state index is -0.746. The molecule has 0 saturated carbocycles. The first-order valence-electron chi connectivity index (χ1n) is 8.52. The topological polar surface area (TPSA) is 77.5 Å². The molecule has 0 aliphatic heterocycles. The van der Waals surface area contributed by atoms with E-state index in [4.69, 9.17) is 9.47 Å². The summed E-state index contributed by atoms with van der Waals surface area (Å²) >= 11 is 3.45. The van der Waals surface area contributed by atoms with Crippen LogP contribution in [-0.4, -0.2) is 23.7 Å². The van der Waals surface area contributed by atoms with E-state index in [-0.39, 0.29) is 12.5 Å². The average Bonchev–Trinajstić information content (AvgIpc) is 2.71. The number of aromatic nitrogens is 1. The molecule has 1 aromatic heterocycles. The van der Waals surface area contributed by atoms with Crippen molar-refractivity contribution in [2.24, 2.45) is 0 Å². The van der Waals surface area contributed by atoms with Crippen molar-refractivity contribution < 1.29 is 19.1 Å². The third kappa shape index (κ3) is 5.65. The molecule has 142 valence electrons. The van der Waals surface area contributed by atoms with Gasteiger partial charge < -0.3 is 14.8 Å². The highest BCUT2D eigenvalue weighted by Gasteiger charge is 2.10. The van der Waals surface area contributed by atoms with E-state index in [1.165, 1.54) is 0 Å². The number of hydrogen-bond acceptors (Lipinski definition) is 5. The molecule has 7 heteroatoms. The van der Waals surface area contributed by atoms with Crippen molar-refractivity contribution in [3.05, 3.63) is 88.7 Å². The number of anilines is 1. The van der Waals surface area contributed by atoms with Crippen LogP contribution in [0.2, 0.25) is 0 Å². The van der Waals surface area contributed by atoms with Crippen LogP contribution in [0.15, 0.2) is 77.4 Å². The van der Waals surface area contributed by atoms with Crippen molar-refractivity contribution in [1.82, 2.24) is 4.98 Å². The smallest absolute Gasteiger partial charge is 0.434 e. The zero-order valence-corrected chi connectivity index (χ0v) is 16.4. The van der Waals surface area contributed by atoms with Gasteiger partial charge in [-0.15, -0.1) is 0 Å². The van der Waals surface area contributed by atoms with Gasteiger partial charge in [-0.3, -0.25) is 9.78 Å². The lowest BCUT2D eigenvalue weighted by Gasteiger charge is -2.10. The quantitative estimate of drug-likeness (QED) is 0.437. The first-order valence-corrected chi connectivity index (χ1v) is 9.31. The van der Waals surface area contributed by atoms with Gasteiger partial charge in [0.15, 0.2) is 0 Å². The van der Waals surface area contributed by atoms with Crippen LogP contribution >= 0.6 is 15.9 Å². The SMILES string of the molecule is O=C(OCCc1ccc(NC(=O)c2ccccn2)c(Br)c1)Oc1ccccc1. The lowest BCUT2D eigenvalue weighted by atomic mass is 10.1. The summed E-state index contributed by atoms with van der Waals surface area (Å²) in [5.41, 5.74) is 1.91. The van der Waals surface area contributed by atoms with E-state index in [9.17, 15) is 9.59 Å². The Hall–Kier alpha value is -3.19. The van der Waals surface area contributed by atoms with Crippen LogP contribution in [0.5, 0.6) is 5.75 Å². The molecule has 3 aromatic rings. The summed E-state index contributed by atoms with van der Waals surface area (Å²) in [7, 11) is 0. The number of rotatable bonds is 6. The molecule has 0 fully saturated rings. The number of nitrogens with one attached hydrogen (secondary N) is 1. The lowest BCUT2D eigenvalue weighted by Crippen LogP contribution is -2.14. The summed E-state index contributed by atoms with van der Waals surface area (Å²) in [6, 6.07) is 19.4. The van der Waals surface area contributed by atoms with Crippen molar-refractivity contribution >= 4 is 33.7 Å². The third-order valence-corrected chi connectivity index (χ3v) is 4.39. The van der Waals surface area contributed by atoms with Crippen LogP contribution in [0.1, 0.15) is 16.1 Å². The number of nitrogens with zero attached hydrogens (tertiary/aromatic N) is 1. The maximum Gasteiger partial charge on any atom is 0.513 e. The van der Waals surface area contributed by atoms with Crippen molar-refractivity contribution in [2.75, 3.05) is 11.9 Å². The predicted octanol–water partition coefficient (Wildman–Crippen LogP) is 4.85. The van der Waals surface area contributed by atoms with Crippen LogP contribution < -0.4 is 10.1 Å². The van der Waals surface area contributed by atoms with E-state index >= 15 is 0 Å². The van der Waals surface area contributed by atoms with E-state index in [2.05, 4.69) is 26.2 Å². The Morgan fingerprint density at radius 3 is 2.50 bits per heavy atom. The Morgan fingerprint density at radius 2 is 1.79 bits per heavy atom. The standard InChI is InChI=1S/C21H17BrN2O4/c22-17-14-15(11-13-27-21(26)28-16-6-2-1-3-7-16)9-10-18(17)24-20(25)19-8-4-5-12-23-19/h1-10,12,14H,11,13H2,(H,24,25). The number of pyridine rings is 1. The molecular formula is C21H17BrN2O4. The van der Waals surface area contributed by atoms with Gasteiger partial charge >= 0.3 is 6.16 Å². The Morgan fingerprint density at radius 1 is 1.00 bits per heavy atom. The molecule has 6 nitrogen and oxygen atoms in total. The van der Waals surface area contributed by atoms with Gasteiger partial charge in [0.2, 0.25) is 0 Å². The summed E-state index contributed by atoms with van der Waals surface area (Å²) < 4.78 is 10.9. The largest absolute Gasteiger partial charge is 0.513 e. The number of benzene rings is 2. The van der Waals surface area contributed by atoms with Crippen LogP contribution in [0.4, 0.5) is 10.5 Å². The van der Waals surface area contributed by atoms with Gasteiger partial charge in [-0.05, 0) is 57.9 Å². The van der Waals surface area contributed by atoms with Gasteiger partial charge in [0.1, 0.15) is 11.4 Å². The highest BCUT2D eigenvalue weighted by Crippen LogP contribution is 2.24. The molecule has 0 spiro atoms. The molecule has 0 bridgehead atoms. The van der Waals surface area contributed by atoms with Crippen molar-refractivity contribution in [3.63, 3.8) is 0 Å². The lowest BCUT2D eigenvalue weighted by molar-refractivity contribution is 0.0996. The molecule has 0 saturated heterocycles. The zero-order valence-electron chi connectivity index (χ0n) is 14.8. The van der Waals surface area contributed by atoms with Crippen LogP contribution in [-0.2, 0) is 11.2 Å². The van der Waals surface area contributed by atoms with E-state index in [1.807, 2.05) is 18.2 Å². The maximum atomic E-state index is 12.2. The van der Waals surface area contributed by atoms with E-state index in [0.29, 0.717) is 23.6 Å². The van der Waals surface area contributed by atoms with Crippen molar-refractivity contribution in [2.45, 2.75) is 6.42 Å².